The fraction of sp³-hybridized carbons (Fsp3) is 0.188. The quantitative estimate of drug-likeness (QED) is 0.700. The molecule has 0 unspecified atom stereocenters. The zero-order valence-corrected chi connectivity index (χ0v) is 14.1. The molecular formula is C16H16BrN3S. The van der Waals surface area contributed by atoms with Crippen LogP contribution in [0.15, 0.2) is 41.0 Å². The van der Waals surface area contributed by atoms with Gasteiger partial charge in [-0.1, -0.05) is 22.9 Å². The van der Waals surface area contributed by atoms with Crippen molar-refractivity contribution in [3.05, 3.63) is 50.8 Å². The molecule has 0 amide bonds. The number of hydrogen-bond acceptors (Lipinski definition) is 4. The Balaban J connectivity index is 1.92. The van der Waals surface area contributed by atoms with Gasteiger partial charge in [0.15, 0.2) is 0 Å². The van der Waals surface area contributed by atoms with Crippen molar-refractivity contribution in [3.63, 3.8) is 0 Å². The fourth-order valence-corrected chi connectivity index (χ4v) is 3.52. The molecule has 21 heavy (non-hydrogen) atoms. The van der Waals surface area contributed by atoms with Crippen molar-refractivity contribution in [2.24, 2.45) is 0 Å². The predicted molar refractivity (Wildman–Crippen MR) is 94.9 cm³/mol. The third kappa shape index (κ3) is 3.04. The maximum Gasteiger partial charge on any atom is 0.0743 e. The summed E-state index contributed by atoms with van der Waals surface area (Å²) in [5, 5.41) is 4.50. The van der Waals surface area contributed by atoms with Gasteiger partial charge in [-0.3, -0.25) is 4.98 Å². The second-order valence-corrected chi connectivity index (χ2v) is 6.99. The van der Waals surface area contributed by atoms with E-state index in [0.717, 1.165) is 34.0 Å². The van der Waals surface area contributed by atoms with E-state index in [9.17, 15) is 0 Å². The third-order valence-corrected chi connectivity index (χ3v) is 5.09. The number of halogens is 1. The summed E-state index contributed by atoms with van der Waals surface area (Å²) in [4.78, 5) is 7.09. The summed E-state index contributed by atoms with van der Waals surface area (Å²) in [7, 11) is 0. The summed E-state index contributed by atoms with van der Waals surface area (Å²) in [5.41, 5.74) is 8.66. The maximum atomic E-state index is 6.10. The Kier molecular flexibility index (Phi) is 4.12. The van der Waals surface area contributed by atoms with Crippen molar-refractivity contribution < 1.29 is 0 Å². The van der Waals surface area contributed by atoms with E-state index in [-0.39, 0.29) is 0 Å². The van der Waals surface area contributed by atoms with Crippen LogP contribution in [0.4, 0.5) is 11.4 Å². The van der Waals surface area contributed by atoms with Crippen LogP contribution in [0.3, 0.4) is 0 Å². The Morgan fingerprint density at radius 3 is 2.81 bits per heavy atom. The number of nitrogens with two attached hydrogens (primary N) is 1. The highest BCUT2D eigenvalue weighted by Gasteiger charge is 2.08. The van der Waals surface area contributed by atoms with Gasteiger partial charge in [-0.25, -0.2) is 0 Å². The number of nitrogens with one attached hydrogen (secondary N) is 1. The van der Waals surface area contributed by atoms with Crippen molar-refractivity contribution in [2.75, 3.05) is 11.1 Å². The summed E-state index contributed by atoms with van der Waals surface area (Å²) in [5.74, 6) is 0. The van der Waals surface area contributed by atoms with Crippen LogP contribution in [-0.2, 0) is 13.0 Å². The van der Waals surface area contributed by atoms with E-state index < -0.39 is 0 Å². The average Bonchev–Trinajstić information content (AvgIpc) is 2.94. The number of hydrogen-bond donors (Lipinski definition) is 2. The highest BCUT2D eigenvalue weighted by atomic mass is 79.9. The van der Waals surface area contributed by atoms with Crippen LogP contribution in [0, 0.1) is 0 Å². The molecule has 108 valence electrons. The molecule has 3 aromatic rings. The normalized spacial score (nSPS) is 11.0. The first-order valence-electron chi connectivity index (χ1n) is 6.82. The lowest BCUT2D eigenvalue weighted by molar-refractivity contribution is 1.19. The number of thiophene rings is 1. The number of fused-ring (bicyclic) bond motifs is 1. The number of aryl methyl sites for hydroxylation is 1. The first-order valence-corrected chi connectivity index (χ1v) is 8.43. The molecule has 0 spiro atoms. The van der Waals surface area contributed by atoms with Crippen molar-refractivity contribution in [2.45, 2.75) is 19.9 Å². The van der Waals surface area contributed by atoms with E-state index in [0.29, 0.717) is 5.69 Å². The monoisotopic (exact) mass is 361 g/mol. The van der Waals surface area contributed by atoms with Crippen molar-refractivity contribution >= 4 is 49.5 Å². The van der Waals surface area contributed by atoms with Crippen LogP contribution >= 0.6 is 27.3 Å². The molecule has 0 atom stereocenters. The van der Waals surface area contributed by atoms with Crippen LogP contribution in [0.2, 0.25) is 0 Å². The maximum absolute atomic E-state index is 6.10. The zero-order valence-electron chi connectivity index (χ0n) is 11.7. The Hall–Kier alpha value is -1.59. The Morgan fingerprint density at radius 2 is 2.05 bits per heavy atom. The van der Waals surface area contributed by atoms with Crippen molar-refractivity contribution in [1.29, 1.82) is 0 Å². The predicted octanol–water partition coefficient (Wildman–Crippen LogP) is 4.82. The molecule has 2 heterocycles. The molecule has 0 radical (unpaired) electrons. The van der Waals surface area contributed by atoms with Crippen LogP contribution in [0.25, 0.3) is 10.9 Å². The SMILES string of the molecule is CCc1ccc(CNc2c(N)cnc3ccc(Br)cc23)s1. The van der Waals surface area contributed by atoms with Crippen LogP contribution < -0.4 is 11.1 Å². The van der Waals surface area contributed by atoms with Gasteiger partial charge < -0.3 is 11.1 Å². The number of rotatable bonds is 4. The summed E-state index contributed by atoms with van der Waals surface area (Å²) in [6, 6.07) is 10.4. The number of aromatic nitrogens is 1. The molecule has 0 aliphatic rings. The van der Waals surface area contributed by atoms with Gasteiger partial charge in [0.2, 0.25) is 0 Å². The number of anilines is 2. The molecule has 2 aromatic heterocycles. The fourth-order valence-electron chi connectivity index (χ4n) is 2.26. The standard InChI is InChI=1S/C16H16BrN3S/c1-2-11-4-5-12(21-11)8-20-16-13-7-10(17)3-6-15(13)19-9-14(16)18/h3-7,9H,2,8,18H2,1H3,(H,19,20). The van der Waals surface area contributed by atoms with E-state index in [1.165, 1.54) is 9.75 Å². The summed E-state index contributed by atoms with van der Waals surface area (Å²) in [6.07, 6.45) is 2.79. The number of benzene rings is 1. The Morgan fingerprint density at radius 1 is 1.24 bits per heavy atom. The highest BCUT2D eigenvalue weighted by Crippen LogP contribution is 2.31. The largest absolute Gasteiger partial charge is 0.396 e. The molecule has 0 bridgehead atoms. The van der Waals surface area contributed by atoms with E-state index in [1.54, 1.807) is 6.20 Å². The summed E-state index contributed by atoms with van der Waals surface area (Å²) in [6.45, 7) is 2.95. The minimum absolute atomic E-state index is 0.674. The Labute approximate surface area is 136 Å². The van der Waals surface area contributed by atoms with Crippen LogP contribution in [0.1, 0.15) is 16.7 Å². The summed E-state index contributed by atoms with van der Waals surface area (Å²) < 4.78 is 1.02. The lowest BCUT2D eigenvalue weighted by atomic mass is 10.1. The first-order chi connectivity index (χ1) is 10.2. The van der Waals surface area contributed by atoms with Gasteiger partial charge in [-0.15, -0.1) is 11.3 Å². The van der Waals surface area contributed by atoms with Crippen LogP contribution in [-0.4, -0.2) is 4.98 Å². The van der Waals surface area contributed by atoms with E-state index in [4.69, 9.17) is 5.73 Å². The van der Waals surface area contributed by atoms with Gasteiger partial charge in [-0.05, 0) is 36.8 Å². The van der Waals surface area contributed by atoms with Crippen molar-refractivity contribution in [1.82, 2.24) is 4.98 Å². The molecule has 0 aliphatic carbocycles. The van der Waals surface area contributed by atoms with Gasteiger partial charge in [0.25, 0.3) is 0 Å². The average molecular weight is 362 g/mol. The first kappa shape index (κ1) is 14.4. The van der Waals surface area contributed by atoms with Gasteiger partial charge in [-0.2, -0.15) is 0 Å². The molecule has 3 nitrogen and oxygen atoms in total. The van der Waals surface area contributed by atoms with Gasteiger partial charge in [0, 0.05) is 26.2 Å². The number of nitrogen functional groups attached to an aromatic ring is 1. The Bertz CT molecular complexity index is 777. The number of nitrogens with zero attached hydrogens (tertiary/aromatic N) is 1. The lowest BCUT2D eigenvalue weighted by Gasteiger charge is -2.11. The van der Waals surface area contributed by atoms with Gasteiger partial charge in [0.05, 0.1) is 23.1 Å². The molecule has 0 aliphatic heterocycles. The minimum atomic E-state index is 0.674. The third-order valence-electron chi connectivity index (χ3n) is 3.36. The smallest absolute Gasteiger partial charge is 0.0743 e. The van der Waals surface area contributed by atoms with E-state index >= 15 is 0 Å². The highest BCUT2D eigenvalue weighted by molar-refractivity contribution is 9.10. The molecule has 3 rings (SSSR count). The topological polar surface area (TPSA) is 50.9 Å². The molecule has 3 N–H and O–H groups in total. The lowest BCUT2D eigenvalue weighted by Crippen LogP contribution is -2.03. The molecule has 1 aromatic carbocycles. The van der Waals surface area contributed by atoms with Gasteiger partial charge in [0.1, 0.15) is 0 Å². The molecule has 0 fully saturated rings. The molecule has 0 saturated heterocycles. The molecular weight excluding hydrogens is 346 g/mol. The zero-order chi connectivity index (χ0) is 14.8. The molecule has 0 saturated carbocycles. The minimum Gasteiger partial charge on any atom is -0.396 e. The summed E-state index contributed by atoms with van der Waals surface area (Å²) >= 11 is 5.34. The van der Waals surface area contributed by atoms with Gasteiger partial charge >= 0.3 is 0 Å². The number of pyridine rings is 1. The second kappa shape index (κ2) is 6.03. The van der Waals surface area contributed by atoms with Crippen LogP contribution in [0.5, 0.6) is 0 Å². The van der Waals surface area contributed by atoms with Crippen molar-refractivity contribution in [3.8, 4) is 0 Å². The van der Waals surface area contributed by atoms with E-state index in [2.05, 4.69) is 45.3 Å². The molecule has 5 heteroatoms. The second-order valence-electron chi connectivity index (χ2n) is 4.83. The van der Waals surface area contributed by atoms with E-state index in [1.807, 2.05) is 29.5 Å².